The zero-order valence-corrected chi connectivity index (χ0v) is 13.6. The quantitative estimate of drug-likeness (QED) is 0.280. The van der Waals surface area contributed by atoms with Gasteiger partial charge in [0.05, 0.1) is 27.5 Å². The van der Waals surface area contributed by atoms with Crippen LogP contribution in [0.25, 0.3) is 0 Å². The Kier molecular flexibility index (Phi) is 5.56. The van der Waals surface area contributed by atoms with Crippen molar-refractivity contribution in [2.24, 2.45) is 15.9 Å². The van der Waals surface area contributed by atoms with Gasteiger partial charge in [-0.15, -0.1) is 5.10 Å². The highest BCUT2D eigenvalue weighted by atomic mass is 16.5. The third kappa shape index (κ3) is 3.92. The molecule has 0 aliphatic heterocycles. The maximum absolute atomic E-state index is 11.0. The van der Waals surface area contributed by atoms with Gasteiger partial charge in [0.15, 0.2) is 29.7 Å². The molecule has 0 radical (unpaired) electrons. The van der Waals surface area contributed by atoms with E-state index < -0.39 is 0 Å². The highest BCUT2D eigenvalue weighted by Crippen LogP contribution is 2.37. The van der Waals surface area contributed by atoms with Crippen molar-refractivity contribution in [2.45, 2.75) is 0 Å². The van der Waals surface area contributed by atoms with E-state index in [2.05, 4.69) is 10.2 Å². The monoisotopic (exact) mass is 330 g/mol. The molecule has 0 amide bonds. The van der Waals surface area contributed by atoms with Gasteiger partial charge in [0.2, 0.25) is 5.75 Å². The lowest BCUT2D eigenvalue weighted by molar-refractivity contribution is -0.605. The van der Waals surface area contributed by atoms with Crippen LogP contribution in [0.2, 0.25) is 0 Å². The molecule has 2 rings (SSSR count). The first-order valence-corrected chi connectivity index (χ1v) is 6.94. The van der Waals surface area contributed by atoms with Gasteiger partial charge in [0, 0.05) is 23.3 Å². The Bertz CT molecular complexity index is 732. The van der Waals surface area contributed by atoms with Crippen molar-refractivity contribution in [3.05, 3.63) is 53.0 Å². The summed E-state index contributed by atoms with van der Waals surface area (Å²) in [5, 5.41) is 18.8. The van der Waals surface area contributed by atoms with Crippen molar-refractivity contribution in [3.8, 4) is 17.2 Å². The van der Waals surface area contributed by atoms with E-state index in [4.69, 9.17) is 19.9 Å². The fourth-order valence-electron chi connectivity index (χ4n) is 1.97. The number of methoxy groups -OCH3 is 3. The molecule has 1 heterocycles. The molecular weight excluding hydrogens is 312 g/mol. The van der Waals surface area contributed by atoms with Crippen molar-refractivity contribution >= 4 is 12.1 Å². The molecule has 2 N–H and O–H groups in total. The van der Waals surface area contributed by atoms with E-state index in [1.807, 2.05) is 0 Å². The summed E-state index contributed by atoms with van der Waals surface area (Å²) in [6, 6.07) is 6.58. The molecule has 0 aliphatic carbocycles. The summed E-state index contributed by atoms with van der Waals surface area (Å²) in [5.74, 6) is 1.71. The van der Waals surface area contributed by atoms with Crippen LogP contribution in [0, 0.1) is 5.21 Å². The number of pyridine rings is 1. The third-order valence-corrected chi connectivity index (χ3v) is 3.16. The molecule has 0 atom stereocenters. The molecule has 24 heavy (non-hydrogen) atoms. The summed E-state index contributed by atoms with van der Waals surface area (Å²) in [4.78, 5) is 0. The Balaban J connectivity index is 2.25. The summed E-state index contributed by atoms with van der Waals surface area (Å²) >= 11 is 0. The van der Waals surface area contributed by atoms with Gasteiger partial charge in [-0.05, 0) is 12.1 Å². The second kappa shape index (κ2) is 7.82. The Morgan fingerprint density at radius 1 is 1.08 bits per heavy atom. The lowest BCUT2D eigenvalue weighted by Gasteiger charge is -2.12. The van der Waals surface area contributed by atoms with Gasteiger partial charge < -0.3 is 25.2 Å². The van der Waals surface area contributed by atoms with Crippen LogP contribution in [0.15, 0.2) is 46.9 Å². The Hall–Kier alpha value is -3.29. The van der Waals surface area contributed by atoms with E-state index in [0.29, 0.717) is 33.1 Å². The Morgan fingerprint density at radius 2 is 1.67 bits per heavy atom. The van der Waals surface area contributed by atoms with Gasteiger partial charge in [-0.3, -0.25) is 0 Å². The minimum absolute atomic E-state index is 0.194. The molecule has 8 heteroatoms. The van der Waals surface area contributed by atoms with Crippen LogP contribution in [-0.4, -0.2) is 33.4 Å². The average molecular weight is 330 g/mol. The number of amidine groups is 1. The molecular formula is C16H18N4O4. The highest BCUT2D eigenvalue weighted by Gasteiger charge is 2.12. The number of hydrogen-bond acceptors (Lipinski definition) is 6. The molecule has 1 aromatic heterocycles. The molecule has 0 spiro atoms. The van der Waals surface area contributed by atoms with Gasteiger partial charge >= 0.3 is 0 Å². The lowest BCUT2D eigenvalue weighted by Crippen LogP contribution is -2.25. The molecule has 0 aliphatic rings. The summed E-state index contributed by atoms with van der Waals surface area (Å²) < 4.78 is 16.5. The average Bonchev–Trinajstić information content (AvgIpc) is 2.61. The number of nitrogens with zero attached hydrogens (tertiary/aromatic N) is 3. The van der Waals surface area contributed by atoms with Gasteiger partial charge in [-0.1, -0.05) is 0 Å². The summed E-state index contributed by atoms with van der Waals surface area (Å²) in [6.45, 7) is 0. The molecule has 0 bridgehead atoms. The maximum Gasteiger partial charge on any atom is 0.203 e. The summed E-state index contributed by atoms with van der Waals surface area (Å²) in [5.41, 5.74) is 7.12. The van der Waals surface area contributed by atoms with Crippen LogP contribution in [0.3, 0.4) is 0 Å². The number of rotatable bonds is 6. The second-order valence-electron chi connectivity index (χ2n) is 4.64. The molecule has 0 fully saturated rings. The predicted molar refractivity (Wildman–Crippen MR) is 89.8 cm³/mol. The van der Waals surface area contributed by atoms with Gasteiger partial charge in [-0.2, -0.15) is 9.83 Å². The van der Waals surface area contributed by atoms with Gasteiger partial charge in [0.1, 0.15) is 0 Å². The molecule has 8 nitrogen and oxygen atoms in total. The number of hydrogen-bond donors (Lipinski definition) is 1. The second-order valence-corrected chi connectivity index (χ2v) is 4.64. The fourth-order valence-corrected chi connectivity index (χ4v) is 1.97. The van der Waals surface area contributed by atoms with Crippen LogP contribution in [0.1, 0.15) is 11.1 Å². The van der Waals surface area contributed by atoms with Crippen LogP contribution in [0.5, 0.6) is 17.2 Å². The Morgan fingerprint density at radius 3 is 2.17 bits per heavy atom. The van der Waals surface area contributed by atoms with Crippen molar-refractivity contribution in [3.63, 3.8) is 0 Å². The van der Waals surface area contributed by atoms with Crippen molar-refractivity contribution in [2.75, 3.05) is 21.3 Å². The van der Waals surface area contributed by atoms with E-state index in [9.17, 15) is 5.21 Å². The van der Waals surface area contributed by atoms with E-state index >= 15 is 0 Å². The summed E-state index contributed by atoms with van der Waals surface area (Å²) in [7, 11) is 4.60. The molecule has 0 saturated carbocycles. The number of aromatic nitrogens is 1. The summed E-state index contributed by atoms with van der Waals surface area (Å²) in [6.07, 6.45) is 4.18. The van der Waals surface area contributed by atoms with Crippen molar-refractivity contribution in [1.29, 1.82) is 0 Å². The van der Waals surface area contributed by atoms with E-state index in [1.165, 1.54) is 39.9 Å². The normalized spacial score (nSPS) is 11.5. The number of ether oxygens (including phenoxy) is 3. The van der Waals surface area contributed by atoms with Crippen LogP contribution in [0.4, 0.5) is 0 Å². The zero-order chi connectivity index (χ0) is 17.5. The highest BCUT2D eigenvalue weighted by molar-refractivity contribution is 5.97. The smallest absolute Gasteiger partial charge is 0.203 e. The molecule has 2 aromatic rings. The Labute approximate surface area is 139 Å². The maximum atomic E-state index is 11.0. The largest absolute Gasteiger partial charge is 0.619 e. The molecule has 1 aromatic carbocycles. The first-order valence-electron chi connectivity index (χ1n) is 6.94. The number of benzene rings is 1. The topological polar surface area (TPSA) is 105 Å². The van der Waals surface area contributed by atoms with Gasteiger partial charge in [0.25, 0.3) is 0 Å². The molecule has 126 valence electrons. The fraction of sp³-hybridized carbons (Fsp3) is 0.188. The zero-order valence-electron chi connectivity index (χ0n) is 13.6. The first-order chi connectivity index (χ1) is 11.6. The third-order valence-electron chi connectivity index (χ3n) is 3.16. The minimum atomic E-state index is 0.194. The standard InChI is InChI=1S/C16H18N4O4/c1-22-13-8-11(9-14(23-2)15(13)24-3)10-18-19-16(17)12-4-6-20(21)7-5-12/h4-10H,1-3H3,(H2,17,19)/b18-10+. The van der Waals surface area contributed by atoms with E-state index in [1.54, 1.807) is 24.3 Å². The van der Waals surface area contributed by atoms with Crippen LogP contribution >= 0.6 is 0 Å². The lowest BCUT2D eigenvalue weighted by atomic mass is 10.2. The minimum Gasteiger partial charge on any atom is -0.619 e. The van der Waals surface area contributed by atoms with E-state index in [-0.39, 0.29) is 5.84 Å². The van der Waals surface area contributed by atoms with Gasteiger partial charge in [-0.25, -0.2) is 0 Å². The van der Waals surface area contributed by atoms with Crippen LogP contribution in [-0.2, 0) is 0 Å². The van der Waals surface area contributed by atoms with Crippen molar-refractivity contribution in [1.82, 2.24) is 0 Å². The molecule has 0 unspecified atom stereocenters. The first kappa shape index (κ1) is 17.1. The predicted octanol–water partition coefficient (Wildman–Crippen LogP) is 1.09. The number of nitrogens with two attached hydrogens (primary N) is 1. The van der Waals surface area contributed by atoms with E-state index in [0.717, 1.165) is 0 Å². The molecule has 0 saturated heterocycles. The SMILES string of the molecule is COc1cc(/C=N/N=C(/N)c2cc[n+]([O-])cc2)cc(OC)c1OC. The van der Waals surface area contributed by atoms with Crippen molar-refractivity contribution < 1.29 is 18.9 Å². The van der Waals surface area contributed by atoms with Crippen LogP contribution < -0.4 is 24.7 Å².